The fourth-order valence-electron chi connectivity index (χ4n) is 2.59. The molecule has 1 aliphatic carbocycles. The van der Waals surface area contributed by atoms with Crippen LogP contribution in [0, 0.1) is 5.92 Å². The van der Waals surface area contributed by atoms with Gasteiger partial charge in [-0.3, -0.25) is 4.98 Å². The molecule has 1 aromatic heterocycles. The highest BCUT2D eigenvalue weighted by atomic mass is 16.4. The summed E-state index contributed by atoms with van der Waals surface area (Å²) in [6.07, 6.45) is 8.27. The van der Waals surface area contributed by atoms with E-state index < -0.39 is 5.97 Å². The van der Waals surface area contributed by atoms with Gasteiger partial charge in [-0.2, -0.15) is 0 Å². The Balaban J connectivity index is 1.77. The number of hydrogen-bond donors (Lipinski definition) is 2. The van der Waals surface area contributed by atoms with Crippen LogP contribution >= 0.6 is 0 Å². The summed E-state index contributed by atoms with van der Waals surface area (Å²) < 4.78 is 0. The summed E-state index contributed by atoms with van der Waals surface area (Å²) in [6, 6.07) is 3.26. The third-order valence-corrected chi connectivity index (χ3v) is 3.62. The van der Waals surface area contributed by atoms with Crippen LogP contribution in [0.2, 0.25) is 0 Å². The number of nitrogens with one attached hydrogen (secondary N) is 1. The van der Waals surface area contributed by atoms with Crippen molar-refractivity contribution in [2.75, 3.05) is 6.54 Å². The average Bonchev–Trinajstić information content (AvgIpc) is 2.88. The molecule has 1 fully saturated rings. The Bertz CT molecular complexity index is 401. The lowest BCUT2D eigenvalue weighted by Crippen LogP contribution is -2.19. The second-order valence-corrected chi connectivity index (χ2v) is 4.92. The Morgan fingerprint density at radius 1 is 1.44 bits per heavy atom. The van der Waals surface area contributed by atoms with E-state index in [1.807, 2.05) is 0 Å². The quantitative estimate of drug-likeness (QED) is 0.759. The molecular weight excluding hydrogens is 228 g/mol. The summed E-state index contributed by atoms with van der Waals surface area (Å²) in [6.45, 7) is 1.48. The van der Waals surface area contributed by atoms with Crippen LogP contribution in [-0.4, -0.2) is 22.6 Å². The Morgan fingerprint density at radius 2 is 2.22 bits per heavy atom. The first-order chi connectivity index (χ1) is 8.77. The number of rotatable bonds is 6. The Kier molecular flexibility index (Phi) is 4.70. The van der Waals surface area contributed by atoms with E-state index in [0.717, 1.165) is 12.5 Å². The van der Waals surface area contributed by atoms with Crippen LogP contribution in [0.1, 0.15) is 48.2 Å². The highest BCUT2D eigenvalue weighted by Gasteiger charge is 2.14. The van der Waals surface area contributed by atoms with Crippen LogP contribution in [0.25, 0.3) is 0 Å². The van der Waals surface area contributed by atoms with Gasteiger partial charge < -0.3 is 10.4 Å². The first-order valence-corrected chi connectivity index (χ1v) is 6.65. The van der Waals surface area contributed by atoms with E-state index in [0.29, 0.717) is 17.8 Å². The minimum absolute atomic E-state index is 0.297. The molecule has 0 aromatic carbocycles. The van der Waals surface area contributed by atoms with Gasteiger partial charge in [0.25, 0.3) is 0 Å². The van der Waals surface area contributed by atoms with E-state index in [2.05, 4.69) is 10.3 Å². The first-order valence-electron chi connectivity index (χ1n) is 6.65. The number of pyridine rings is 1. The Hall–Kier alpha value is -1.42. The molecule has 0 spiro atoms. The van der Waals surface area contributed by atoms with Crippen molar-refractivity contribution in [3.8, 4) is 0 Å². The molecule has 0 aliphatic heterocycles. The molecule has 4 nitrogen and oxygen atoms in total. The van der Waals surface area contributed by atoms with E-state index in [9.17, 15) is 4.79 Å². The molecule has 18 heavy (non-hydrogen) atoms. The number of nitrogens with zero attached hydrogens (tertiary/aromatic N) is 1. The summed E-state index contributed by atoms with van der Waals surface area (Å²) in [4.78, 5) is 15.1. The zero-order chi connectivity index (χ0) is 12.8. The molecule has 0 amide bonds. The molecule has 0 bridgehead atoms. The van der Waals surface area contributed by atoms with Crippen molar-refractivity contribution in [1.82, 2.24) is 10.3 Å². The molecular formula is C14H20N2O2. The fourth-order valence-corrected chi connectivity index (χ4v) is 2.59. The lowest BCUT2D eigenvalue weighted by molar-refractivity contribution is 0.0695. The highest BCUT2D eigenvalue weighted by molar-refractivity contribution is 5.88. The largest absolute Gasteiger partial charge is 0.478 e. The van der Waals surface area contributed by atoms with Gasteiger partial charge in [0.05, 0.1) is 11.3 Å². The van der Waals surface area contributed by atoms with Crippen molar-refractivity contribution in [3.63, 3.8) is 0 Å². The van der Waals surface area contributed by atoms with Crippen LogP contribution in [0.3, 0.4) is 0 Å². The van der Waals surface area contributed by atoms with Gasteiger partial charge in [0.1, 0.15) is 0 Å². The van der Waals surface area contributed by atoms with Crippen molar-refractivity contribution in [2.45, 2.75) is 38.6 Å². The van der Waals surface area contributed by atoms with Crippen LogP contribution in [0.15, 0.2) is 18.3 Å². The molecule has 1 aliphatic rings. The van der Waals surface area contributed by atoms with E-state index in [1.54, 1.807) is 18.3 Å². The van der Waals surface area contributed by atoms with Gasteiger partial charge >= 0.3 is 5.97 Å². The van der Waals surface area contributed by atoms with Crippen molar-refractivity contribution in [2.24, 2.45) is 5.92 Å². The molecule has 0 unspecified atom stereocenters. The summed E-state index contributed by atoms with van der Waals surface area (Å²) in [7, 11) is 0. The predicted molar refractivity (Wildman–Crippen MR) is 69.5 cm³/mol. The topological polar surface area (TPSA) is 62.2 Å². The summed E-state index contributed by atoms with van der Waals surface area (Å²) in [5.41, 5.74) is 0.919. The van der Waals surface area contributed by atoms with Gasteiger partial charge in [-0.15, -0.1) is 0 Å². The summed E-state index contributed by atoms with van der Waals surface area (Å²) in [5, 5.41) is 12.3. The Labute approximate surface area is 107 Å². The number of carbonyl (C=O) groups is 1. The number of aromatic carboxylic acids is 1. The van der Waals surface area contributed by atoms with Crippen molar-refractivity contribution >= 4 is 5.97 Å². The highest BCUT2D eigenvalue weighted by Crippen LogP contribution is 2.26. The molecule has 2 rings (SSSR count). The molecule has 2 N–H and O–H groups in total. The lowest BCUT2D eigenvalue weighted by Gasteiger charge is -2.10. The standard InChI is InChI=1S/C14H20N2O2/c17-14(18)12-6-3-8-16-13(12)10-15-9-7-11-4-1-2-5-11/h3,6,8,11,15H,1-2,4-5,7,9-10H2,(H,17,18). The number of aromatic nitrogens is 1. The summed E-state index contributed by atoms with van der Waals surface area (Å²) >= 11 is 0. The maximum atomic E-state index is 11.0. The zero-order valence-electron chi connectivity index (χ0n) is 10.6. The smallest absolute Gasteiger partial charge is 0.337 e. The normalized spacial score (nSPS) is 16.0. The molecule has 0 atom stereocenters. The second-order valence-electron chi connectivity index (χ2n) is 4.92. The monoisotopic (exact) mass is 248 g/mol. The van der Waals surface area contributed by atoms with Gasteiger partial charge in [-0.05, 0) is 31.0 Å². The third kappa shape index (κ3) is 3.53. The van der Waals surface area contributed by atoms with Gasteiger partial charge in [0.15, 0.2) is 0 Å². The molecule has 1 saturated carbocycles. The number of carboxylic acids is 1. The maximum absolute atomic E-state index is 11.0. The Morgan fingerprint density at radius 3 is 2.94 bits per heavy atom. The van der Waals surface area contributed by atoms with Gasteiger partial charge in [0, 0.05) is 12.7 Å². The molecule has 1 aromatic rings. The molecule has 4 heteroatoms. The van der Waals surface area contributed by atoms with Crippen molar-refractivity contribution < 1.29 is 9.90 Å². The maximum Gasteiger partial charge on any atom is 0.337 e. The molecule has 1 heterocycles. The van der Waals surface area contributed by atoms with E-state index in [-0.39, 0.29) is 0 Å². The van der Waals surface area contributed by atoms with Crippen LogP contribution in [0.4, 0.5) is 0 Å². The van der Waals surface area contributed by atoms with E-state index in [1.165, 1.54) is 32.1 Å². The fraction of sp³-hybridized carbons (Fsp3) is 0.571. The van der Waals surface area contributed by atoms with Crippen molar-refractivity contribution in [3.05, 3.63) is 29.6 Å². The third-order valence-electron chi connectivity index (χ3n) is 3.62. The van der Waals surface area contributed by atoms with Gasteiger partial charge in [0.2, 0.25) is 0 Å². The lowest BCUT2D eigenvalue weighted by atomic mass is 10.0. The molecule has 0 radical (unpaired) electrons. The zero-order valence-corrected chi connectivity index (χ0v) is 10.6. The van der Waals surface area contributed by atoms with Gasteiger partial charge in [-0.25, -0.2) is 4.79 Å². The predicted octanol–water partition coefficient (Wildman–Crippen LogP) is 2.45. The number of hydrogen-bond acceptors (Lipinski definition) is 3. The average molecular weight is 248 g/mol. The summed E-state index contributed by atoms with van der Waals surface area (Å²) in [5.74, 6) is -0.0455. The first kappa shape index (κ1) is 13.0. The van der Waals surface area contributed by atoms with Crippen LogP contribution in [0.5, 0.6) is 0 Å². The number of carboxylic acid groups (broad SMARTS) is 1. The molecule has 0 saturated heterocycles. The molecule has 98 valence electrons. The second kappa shape index (κ2) is 6.50. The minimum atomic E-state index is -0.907. The van der Waals surface area contributed by atoms with Crippen molar-refractivity contribution in [1.29, 1.82) is 0 Å². The minimum Gasteiger partial charge on any atom is -0.478 e. The van der Waals surface area contributed by atoms with Gasteiger partial charge in [-0.1, -0.05) is 25.7 Å². The SMILES string of the molecule is O=C(O)c1cccnc1CNCCC1CCCC1. The van der Waals surface area contributed by atoms with E-state index in [4.69, 9.17) is 5.11 Å². The van der Waals surface area contributed by atoms with E-state index >= 15 is 0 Å². The van der Waals surface area contributed by atoms with Crippen LogP contribution < -0.4 is 5.32 Å². The van der Waals surface area contributed by atoms with Crippen LogP contribution in [-0.2, 0) is 6.54 Å².